The second kappa shape index (κ2) is 8.79. The van der Waals surface area contributed by atoms with Crippen LogP contribution < -0.4 is 5.32 Å². The van der Waals surface area contributed by atoms with Crippen LogP contribution in [0.2, 0.25) is 5.02 Å². The number of nitrogens with one attached hydrogen (secondary N) is 1. The molecule has 0 aliphatic rings. The molecule has 2 rings (SSSR count). The summed E-state index contributed by atoms with van der Waals surface area (Å²) < 4.78 is 1.11. The van der Waals surface area contributed by atoms with Crippen molar-refractivity contribution in [3.63, 3.8) is 0 Å². The lowest BCUT2D eigenvalue weighted by molar-refractivity contribution is 0.572. The van der Waals surface area contributed by atoms with Crippen LogP contribution in [0.1, 0.15) is 12.5 Å². The molecule has 0 saturated carbocycles. The maximum absolute atomic E-state index is 6.20. The Morgan fingerprint density at radius 3 is 2.71 bits per heavy atom. The fourth-order valence-corrected chi connectivity index (χ4v) is 3.46. The molecular weight excluding hydrogens is 368 g/mol. The highest BCUT2D eigenvalue weighted by atomic mass is 79.9. The van der Waals surface area contributed by atoms with Gasteiger partial charge in [0.25, 0.3) is 0 Å². The average Bonchev–Trinajstić information content (AvgIpc) is 2.49. The molecule has 2 aromatic rings. The van der Waals surface area contributed by atoms with E-state index in [9.17, 15) is 0 Å². The molecule has 1 unspecified atom stereocenters. The van der Waals surface area contributed by atoms with Crippen molar-refractivity contribution < 1.29 is 0 Å². The predicted octanol–water partition coefficient (Wildman–Crippen LogP) is 4.81. The highest BCUT2D eigenvalue weighted by Crippen LogP contribution is 2.23. The first-order chi connectivity index (χ1) is 10.2. The molecule has 21 heavy (non-hydrogen) atoms. The van der Waals surface area contributed by atoms with Gasteiger partial charge in [-0.15, -0.1) is 11.8 Å². The quantitative estimate of drug-likeness (QED) is 0.692. The lowest BCUT2D eigenvalue weighted by atomic mass is 10.1. The van der Waals surface area contributed by atoms with E-state index in [0.29, 0.717) is 6.04 Å². The van der Waals surface area contributed by atoms with E-state index in [1.54, 1.807) is 12.4 Å². The first-order valence-electron chi connectivity index (χ1n) is 6.89. The molecule has 1 heterocycles. The third-order valence-electron chi connectivity index (χ3n) is 3.08. The number of thioether (sulfide) groups is 1. The Morgan fingerprint density at radius 2 is 2.05 bits per heavy atom. The van der Waals surface area contributed by atoms with Gasteiger partial charge in [-0.05, 0) is 48.9 Å². The number of halogens is 2. The minimum Gasteiger partial charge on any atom is -0.313 e. The van der Waals surface area contributed by atoms with Gasteiger partial charge < -0.3 is 5.32 Å². The number of nitrogens with zero attached hydrogens (tertiary/aromatic N) is 1. The number of rotatable bonds is 7. The van der Waals surface area contributed by atoms with Crippen LogP contribution in [0.5, 0.6) is 0 Å². The van der Waals surface area contributed by atoms with Gasteiger partial charge in [0.2, 0.25) is 0 Å². The van der Waals surface area contributed by atoms with Gasteiger partial charge in [-0.3, -0.25) is 4.98 Å². The molecule has 1 atom stereocenters. The van der Waals surface area contributed by atoms with Crippen molar-refractivity contribution in [3.05, 3.63) is 57.8 Å². The molecule has 0 amide bonds. The van der Waals surface area contributed by atoms with Crippen molar-refractivity contribution in [2.45, 2.75) is 24.3 Å². The topological polar surface area (TPSA) is 24.9 Å². The first-order valence-corrected chi connectivity index (χ1v) is 9.05. The zero-order chi connectivity index (χ0) is 15.1. The molecule has 0 aliphatic carbocycles. The molecule has 0 spiro atoms. The fourth-order valence-electron chi connectivity index (χ4n) is 2.04. The van der Waals surface area contributed by atoms with Gasteiger partial charge in [-0.2, -0.15) is 0 Å². The molecule has 2 nitrogen and oxygen atoms in total. The minimum absolute atomic E-state index is 0.392. The predicted molar refractivity (Wildman–Crippen MR) is 95.3 cm³/mol. The van der Waals surface area contributed by atoms with E-state index < -0.39 is 0 Å². The lowest BCUT2D eigenvalue weighted by Gasteiger charge is -2.18. The Labute approximate surface area is 143 Å². The number of pyridine rings is 1. The van der Waals surface area contributed by atoms with E-state index in [0.717, 1.165) is 33.8 Å². The fraction of sp³-hybridized carbons (Fsp3) is 0.312. The smallest absolute Gasteiger partial charge is 0.0621 e. The highest BCUT2D eigenvalue weighted by Gasteiger charge is 2.11. The van der Waals surface area contributed by atoms with Crippen LogP contribution in [0.4, 0.5) is 0 Å². The van der Waals surface area contributed by atoms with Crippen molar-refractivity contribution in [2.24, 2.45) is 0 Å². The summed E-state index contributed by atoms with van der Waals surface area (Å²) in [5.41, 5.74) is 1.15. The Hall–Kier alpha value is -0.550. The summed E-state index contributed by atoms with van der Waals surface area (Å²) in [5.74, 6) is 1.01. The summed E-state index contributed by atoms with van der Waals surface area (Å²) in [4.78, 5) is 5.32. The van der Waals surface area contributed by atoms with Gasteiger partial charge in [0.05, 0.1) is 5.02 Å². The molecule has 112 valence electrons. The van der Waals surface area contributed by atoms with E-state index in [1.807, 2.05) is 17.8 Å². The standard InChI is InChI=1S/C16H18BrClN2S/c1-2-20-14(9-12-7-8-19-10-16(12)18)11-21-15-5-3-13(17)4-6-15/h3-8,10,14,20H,2,9,11H2,1H3. The van der Waals surface area contributed by atoms with Crippen LogP contribution >= 0.6 is 39.3 Å². The van der Waals surface area contributed by atoms with Gasteiger partial charge in [-0.25, -0.2) is 0 Å². The Balaban J connectivity index is 1.95. The zero-order valence-electron chi connectivity index (χ0n) is 11.9. The van der Waals surface area contributed by atoms with Crippen LogP contribution in [0.15, 0.2) is 52.1 Å². The SMILES string of the molecule is CCNC(CSc1ccc(Br)cc1)Cc1ccncc1Cl. The van der Waals surface area contributed by atoms with Crippen molar-refractivity contribution in [2.75, 3.05) is 12.3 Å². The largest absolute Gasteiger partial charge is 0.313 e. The molecule has 0 radical (unpaired) electrons. The monoisotopic (exact) mass is 384 g/mol. The van der Waals surface area contributed by atoms with Crippen LogP contribution in [0.25, 0.3) is 0 Å². The van der Waals surface area contributed by atoms with Gasteiger partial charge >= 0.3 is 0 Å². The molecule has 0 saturated heterocycles. The number of likely N-dealkylation sites (N-methyl/N-ethyl adjacent to an activating group) is 1. The summed E-state index contributed by atoms with van der Waals surface area (Å²) in [6.45, 7) is 3.08. The minimum atomic E-state index is 0.392. The second-order valence-electron chi connectivity index (χ2n) is 4.69. The Morgan fingerprint density at radius 1 is 1.29 bits per heavy atom. The van der Waals surface area contributed by atoms with Crippen LogP contribution in [-0.2, 0) is 6.42 Å². The molecule has 1 N–H and O–H groups in total. The highest BCUT2D eigenvalue weighted by molar-refractivity contribution is 9.10. The normalized spacial score (nSPS) is 12.3. The van der Waals surface area contributed by atoms with Crippen LogP contribution in [-0.4, -0.2) is 23.3 Å². The van der Waals surface area contributed by atoms with Gasteiger partial charge in [-0.1, -0.05) is 34.5 Å². The van der Waals surface area contributed by atoms with Crippen molar-refractivity contribution in [3.8, 4) is 0 Å². The Bertz CT molecular complexity index is 562. The molecule has 5 heteroatoms. The summed E-state index contributed by atoms with van der Waals surface area (Å²) in [5, 5.41) is 4.28. The van der Waals surface area contributed by atoms with Crippen LogP contribution in [0, 0.1) is 0 Å². The lowest BCUT2D eigenvalue weighted by Crippen LogP contribution is -2.33. The maximum Gasteiger partial charge on any atom is 0.0621 e. The van der Waals surface area contributed by atoms with E-state index in [1.165, 1.54) is 4.90 Å². The number of aromatic nitrogens is 1. The van der Waals surface area contributed by atoms with E-state index >= 15 is 0 Å². The van der Waals surface area contributed by atoms with Crippen molar-refractivity contribution in [1.29, 1.82) is 0 Å². The average molecular weight is 386 g/mol. The van der Waals surface area contributed by atoms with Gasteiger partial charge in [0.15, 0.2) is 0 Å². The molecule has 1 aromatic heterocycles. The van der Waals surface area contributed by atoms with Crippen molar-refractivity contribution >= 4 is 39.3 Å². The molecule has 0 aliphatic heterocycles. The Kier molecular flexibility index (Phi) is 7.04. The van der Waals surface area contributed by atoms with Crippen molar-refractivity contribution in [1.82, 2.24) is 10.3 Å². The van der Waals surface area contributed by atoms with E-state index in [2.05, 4.69) is 57.4 Å². The van der Waals surface area contributed by atoms with Gasteiger partial charge in [0, 0.05) is 33.6 Å². The molecule has 1 aromatic carbocycles. The summed E-state index contributed by atoms with van der Waals surface area (Å²) in [6.07, 6.45) is 4.42. The summed E-state index contributed by atoms with van der Waals surface area (Å²) >= 11 is 11.5. The summed E-state index contributed by atoms with van der Waals surface area (Å²) in [6, 6.07) is 10.8. The number of hydrogen-bond donors (Lipinski definition) is 1. The second-order valence-corrected chi connectivity index (χ2v) is 7.11. The number of hydrogen-bond acceptors (Lipinski definition) is 3. The molecule has 0 bridgehead atoms. The summed E-state index contributed by atoms with van der Waals surface area (Å²) in [7, 11) is 0. The van der Waals surface area contributed by atoms with Gasteiger partial charge in [0.1, 0.15) is 0 Å². The van der Waals surface area contributed by atoms with E-state index in [-0.39, 0.29) is 0 Å². The zero-order valence-corrected chi connectivity index (χ0v) is 15.0. The third-order valence-corrected chi connectivity index (χ3v) is 5.12. The maximum atomic E-state index is 6.20. The first kappa shape index (κ1) is 16.8. The third kappa shape index (κ3) is 5.62. The number of benzene rings is 1. The molecule has 0 fully saturated rings. The molecular formula is C16H18BrClN2S. The van der Waals surface area contributed by atoms with E-state index in [4.69, 9.17) is 11.6 Å². The van der Waals surface area contributed by atoms with Crippen LogP contribution in [0.3, 0.4) is 0 Å².